The third kappa shape index (κ3) is 3.61. The van der Waals surface area contributed by atoms with Crippen molar-refractivity contribution in [3.05, 3.63) is 83.6 Å². The normalized spacial score (nSPS) is 14.8. The highest BCUT2D eigenvalue weighted by Gasteiger charge is 2.24. The van der Waals surface area contributed by atoms with Gasteiger partial charge in [-0.05, 0) is 35.0 Å². The average molecular weight is 372 g/mol. The zero-order chi connectivity index (χ0) is 19.5. The number of hydrogen-bond acceptors (Lipinski definition) is 6. The number of esters is 1. The van der Waals surface area contributed by atoms with E-state index in [2.05, 4.69) is 4.99 Å². The summed E-state index contributed by atoms with van der Waals surface area (Å²) in [5.74, 6) is -1.39. The molecule has 0 fully saturated rings. The van der Waals surface area contributed by atoms with Gasteiger partial charge in [0.15, 0.2) is 5.70 Å². The number of aliphatic imine (C=N–C) groups is 1. The predicted molar refractivity (Wildman–Crippen MR) is 101 cm³/mol. The highest BCUT2D eigenvalue weighted by atomic mass is 16.6. The Hall–Kier alpha value is -3.93. The summed E-state index contributed by atoms with van der Waals surface area (Å²) < 4.78 is 10.5. The minimum atomic E-state index is -1.33. The van der Waals surface area contributed by atoms with Gasteiger partial charge < -0.3 is 19.4 Å². The van der Waals surface area contributed by atoms with Crippen LogP contribution >= 0.6 is 0 Å². The first kappa shape index (κ1) is 17.5. The van der Waals surface area contributed by atoms with Crippen LogP contribution in [0, 0.1) is 0 Å². The van der Waals surface area contributed by atoms with E-state index in [-0.39, 0.29) is 11.6 Å². The van der Waals surface area contributed by atoms with Crippen molar-refractivity contribution in [2.24, 2.45) is 4.99 Å². The molecular weight excluding hydrogens is 358 g/mol. The van der Waals surface area contributed by atoms with E-state index in [0.29, 0.717) is 16.9 Å². The van der Waals surface area contributed by atoms with Gasteiger partial charge in [0, 0.05) is 11.1 Å². The molecular formula is C22H14NO5-. The lowest BCUT2D eigenvalue weighted by molar-refractivity contribution is -0.307. The van der Waals surface area contributed by atoms with Crippen molar-refractivity contribution < 1.29 is 24.2 Å². The molecule has 0 saturated carbocycles. The number of carbonyl (C=O) groups is 2. The summed E-state index contributed by atoms with van der Waals surface area (Å²) >= 11 is 0. The molecule has 3 aromatic rings. The average Bonchev–Trinajstić information content (AvgIpc) is 3.07. The molecule has 0 aromatic heterocycles. The summed E-state index contributed by atoms with van der Waals surface area (Å²) in [5, 5.41) is 12.7. The highest BCUT2D eigenvalue weighted by molar-refractivity contribution is 6.13. The molecule has 0 bridgehead atoms. The molecule has 0 N–H and O–H groups in total. The molecule has 0 amide bonds. The minimum absolute atomic E-state index is 0.104. The van der Waals surface area contributed by atoms with Gasteiger partial charge in [-0.25, -0.2) is 9.79 Å². The third-order valence-electron chi connectivity index (χ3n) is 4.17. The van der Waals surface area contributed by atoms with Gasteiger partial charge in [0.05, 0.1) is 5.97 Å². The van der Waals surface area contributed by atoms with Gasteiger partial charge in [-0.15, -0.1) is 0 Å². The summed E-state index contributed by atoms with van der Waals surface area (Å²) in [6.07, 6.45) is 1.50. The number of cyclic esters (lactones) is 1. The van der Waals surface area contributed by atoms with Gasteiger partial charge in [0.1, 0.15) is 12.4 Å². The molecule has 4 rings (SSSR count). The number of para-hydroxylation sites is 1. The first-order valence-electron chi connectivity index (χ1n) is 8.53. The number of carboxylic acids is 1. The first-order chi connectivity index (χ1) is 13.6. The molecule has 1 heterocycles. The third-order valence-corrected chi connectivity index (χ3v) is 4.17. The van der Waals surface area contributed by atoms with Crippen molar-refractivity contribution in [2.75, 3.05) is 6.61 Å². The molecule has 0 atom stereocenters. The van der Waals surface area contributed by atoms with E-state index in [0.717, 1.165) is 10.8 Å². The fraction of sp³-hybridized carbons (Fsp3) is 0.0455. The Morgan fingerprint density at radius 1 is 1.04 bits per heavy atom. The lowest BCUT2D eigenvalue weighted by atomic mass is 10.1. The van der Waals surface area contributed by atoms with E-state index in [4.69, 9.17) is 9.47 Å². The van der Waals surface area contributed by atoms with Crippen LogP contribution in [-0.4, -0.2) is 24.4 Å². The fourth-order valence-electron chi connectivity index (χ4n) is 2.87. The second kappa shape index (κ2) is 7.36. The number of carboxylic acid groups (broad SMARTS) is 1. The van der Waals surface area contributed by atoms with Gasteiger partial charge in [0.25, 0.3) is 0 Å². The Morgan fingerprint density at radius 3 is 2.61 bits per heavy atom. The lowest BCUT2D eigenvalue weighted by Crippen LogP contribution is -2.29. The Morgan fingerprint density at radius 2 is 1.79 bits per heavy atom. The number of benzene rings is 3. The zero-order valence-corrected chi connectivity index (χ0v) is 14.6. The molecule has 1 aliphatic heterocycles. The van der Waals surface area contributed by atoms with Gasteiger partial charge in [-0.3, -0.25) is 0 Å². The largest absolute Gasteiger partial charge is 0.546 e. The van der Waals surface area contributed by atoms with Gasteiger partial charge in [0.2, 0.25) is 5.90 Å². The molecule has 0 spiro atoms. The SMILES string of the molecule is O=C([O-])COc1ccccc1/C=C1\N=C(c2ccc3ccccc3c2)OC1=O. The van der Waals surface area contributed by atoms with E-state index in [1.165, 1.54) is 6.08 Å². The van der Waals surface area contributed by atoms with Crippen LogP contribution in [0.3, 0.4) is 0 Å². The van der Waals surface area contributed by atoms with Crippen molar-refractivity contribution in [2.45, 2.75) is 0 Å². The van der Waals surface area contributed by atoms with Crippen molar-refractivity contribution in [1.82, 2.24) is 0 Å². The van der Waals surface area contributed by atoms with Gasteiger partial charge in [-0.1, -0.05) is 48.5 Å². The fourth-order valence-corrected chi connectivity index (χ4v) is 2.87. The highest BCUT2D eigenvalue weighted by Crippen LogP contribution is 2.25. The number of hydrogen-bond donors (Lipinski definition) is 0. The number of ether oxygens (including phenoxy) is 2. The van der Waals surface area contributed by atoms with Crippen molar-refractivity contribution in [3.63, 3.8) is 0 Å². The maximum absolute atomic E-state index is 12.3. The van der Waals surface area contributed by atoms with E-state index >= 15 is 0 Å². The Labute approximate surface area is 160 Å². The van der Waals surface area contributed by atoms with Crippen LogP contribution in [-0.2, 0) is 14.3 Å². The van der Waals surface area contributed by atoms with Crippen LogP contribution in [0.25, 0.3) is 16.8 Å². The van der Waals surface area contributed by atoms with Crippen LogP contribution in [0.4, 0.5) is 0 Å². The van der Waals surface area contributed by atoms with E-state index in [1.54, 1.807) is 24.3 Å². The maximum Gasteiger partial charge on any atom is 0.363 e. The lowest BCUT2D eigenvalue weighted by Gasteiger charge is -2.09. The van der Waals surface area contributed by atoms with Gasteiger partial charge in [-0.2, -0.15) is 0 Å². The molecule has 0 radical (unpaired) electrons. The van der Waals surface area contributed by atoms with Crippen LogP contribution < -0.4 is 9.84 Å². The molecule has 1 aliphatic rings. The summed E-state index contributed by atoms with van der Waals surface area (Å²) in [6.45, 7) is -0.587. The smallest absolute Gasteiger partial charge is 0.363 e. The Balaban J connectivity index is 1.66. The number of nitrogens with zero attached hydrogens (tertiary/aromatic N) is 1. The number of aliphatic carboxylic acids is 1. The molecule has 0 aliphatic carbocycles. The Bertz CT molecular complexity index is 1150. The number of fused-ring (bicyclic) bond motifs is 1. The first-order valence-corrected chi connectivity index (χ1v) is 8.53. The zero-order valence-electron chi connectivity index (χ0n) is 14.6. The monoisotopic (exact) mass is 372 g/mol. The number of carbonyl (C=O) groups excluding carboxylic acids is 2. The van der Waals surface area contributed by atoms with E-state index in [1.807, 2.05) is 42.5 Å². The molecule has 3 aromatic carbocycles. The summed E-state index contributed by atoms with van der Waals surface area (Å²) in [6, 6.07) is 20.3. The van der Waals surface area contributed by atoms with Crippen LogP contribution in [0.2, 0.25) is 0 Å². The van der Waals surface area contributed by atoms with Gasteiger partial charge >= 0.3 is 5.97 Å². The molecule has 0 unspecified atom stereocenters. The standard InChI is InChI=1S/C22H15NO5/c24-20(25)13-27-19-8-4-3-7-16(19)12-18-22(26)28-21(23-18)17-10-9-14-5-1-2-6-15(14)11-17/h1-12H,13H2,(H,24,25)/p-1/b18-12-. The molecule has 138 valence electrons. The van der Waals surface area contributed by atoms with Crippen LogP contribution in [0.5, 0.6) is 5.75 Å². The molecule has 6 nitrogen and oxygen atoms in total. The summed E-state index contributed by atoms with van der Waals surface area (Å²) in [4.78, 5) is 27.2. The summed E-state index contributed by atoms with van der Waals surface area (Å²) in [7, 11) is 0. The van der Waals surface area contributed by atoms with Crippen molar-refractivity contribution >= 4 is 34.7 Å². The van der Waals surface area contributed by atoms with Crippen molar-refractivity contribution in [3.8, 4) is 5.75 Å². The number of rotatable bonds is 5. The molecule has 28 heavy (non-hydrogen) atoms. The van der Waals surface area contributed by atoms with Crippen LogP contribution in [0.1, 0.15) is 11.1 Å². The Kier molecular flexibility index (Phi) is 4.60. The second-order valence-corrected chi connectivity index (χ2v) is 6.10. The minimum Gasteiger partial charge on any atom is -0.546 e. The van der Waals surface area contributed by atoms with Crippen molar-refractivity contribution in [1.29, 1.82) is 0 Å². The summed E-state index contributed by atoms with van der Waals surface area (Å²) in [5.41, 5.74) is 1.31. The predicted octanol–water partition coefficient (Wildman–Crippen LogP) is 2.31. The molecule has 0 saturated heterocycles. The second-order valence-electron chi connectivity index (χ2n) is 6.10. The van der Waals surface area contributed by atoms with E-state index in [9.17, 15) is 14.7 Å². The molecule has 6 heteroatoms. The maximum atomic E-state index is 12.3. The topological polar surface area (TPSA) is 88.0 Å². The quantitative estimate of drug-likeness (QED) is 0.507. The van der Waals surface area contributed by atoms with E-state index < -0.39 is 18.5 Å². The van der Waals surface area contributed by atoms with Crippen LogP contribution in [0.15, 0.2) is 77.4 Å².